The molecule has 3 heteroatoms. The van der Waals surface area contributed by atoms with Crippen molar-refractivity contribution in [2.45, 2.75) is 6.54 Å². The van der Waals surface area contributed by atoms with Crippen molar-refractivity contribution in [2.24, 2.45) is 0 Å². The van der Waals surface area contributed by atoms with E-state index in [1.165, 1.54) is 16.6 Å². The standard InChI is InChI=1S/C11H13BrN2/c1-14(2)7-10-5-8-3-4-9(12)6-11(8)13-10/h3-6,13H,7H2,1-2H3. The first-order valence-corrected chi connectivity index (χ1v) is 5.36. The fourth-order valence-corrected chi connectivity index (χ4v) is 1.95. The SMILES string of the molecule is CN(C)Cc1cc2ccc(Br)cc2[nH]1. The van der Waals surface area contributed by atoms with Gasteiger partial charge >= 0.3 is 0 Å². The van der Waals surface area contributed by atoms with Crippen molar-refractivity contribution in [1.29, 1.82) is 0 Å². The Morgan fingerprint density at radius 3 is 2.79 bits per heavy atom. The average molecular weight is 253 g/mol. The molecule has 2 nitrogen and oxygen atoms in total. The Balaban J connectivity index is 2.41. The summed E-state index contributed by atoms with van der Waals surface area (Å²) < 4.78 is 1.11. The molecule has 1 N–H and O–H groups in total. The van der Waals surface area contributed by atoms with E-state index in [0.29, 0.717) is 0 Å². The molecule has 0 fully saturated rings. The maximum atomic E-state index is 3.46. The predicted molar refractivity (Wildman–Crippen MR) is 63.4 cm³/mol. The molecule has 2 rings (SSSR count). The molecule has 14 heavy (non-hydrogen) atoms. The Labute approximate surface area is 92.0 Å². The van der Waals surface area contributed by atoms with E-state index in [1.54, 1.807) is 0 Å². The van der Waals surface area contributed by atoms with Crippen LogP contribution in [0.1, 0.15) is 5.69 Å². The van der Waals surface area contributed by atoms with Gasteiger partial charge in [-0.2, -0.15) is 0 Å². The van der Waals surface area contributed by atoms with Crippen molar-refractivity contribution in [3.05, 3.63) is 34.4 Å². The third-order valence-electron chi connectivity index (χ3n) is 2.13. The molecule has 1 heterocycles. The van der Waals surface area contributed by atoms with Crippen molar-refractivity contribution in [1.82, 2.24) is 9.88 Å². The normalized spacial score (nSPS) is 11.4. The Morgan fingerprint density at radius 1 is 1.29 bits per heavy atom. The highest BCUT2D eigenvalue weighted by Gasteiger charge is 2.01. The van der Waals surface area contributed by atoms with Gasteiger partial charge in [-0.1, -0.05) is 22.0 Å². The number of hydrogen-bond acceptors (Lipinski definition) is 1. The number of aromatic nitrogens is 1. The molecule has 74 valence electrons. The van der Waals surface area contributed by atoms with Crippen LogP contribution in [0.5, 0.6) is 0 Å². The van der Waals surface area contributed by atoms with Crippen LogP contribution in [0.4, 0.5) is 0 Å². The van der Waals surface area contributed by atoms with E-state index in [9.17, 15) is 0 Å². The molecule has 2 aromatic rings. The number of aromatic amines is 1. The minimum atomic E-state index is 0.951. The van der Waals surface area contributed by atoms with Crippen LogP contribution in [-0.4, -0.2) is 24.0 Å². The topological polar surface area (TPSA) is 19.0 Å². The number of hydrogen-bond donors (Lipinski definition) is 1. The van der Waals surface area contributed by atoms with Crippen LogP contribution >= 0.6 is 15.9 Å². The van der Waals surface area contributed by atoms with Crippen molar-refractivity contribution < 1.29 is 0 Å². The Bertz CT molecular complexity index is 445. The summed E-state index contributed by atoms with van der Waals surface area (Å²) in [6.45, 7) is 0.951. The molecule has 0 aliphatic heterocycles. The van der Waals surface area contributed by atoms with E-state index < -0.39 is 0 Å². The van der Waals surface area contributed by atoms with Crippen LogP contribution in [0, 0.1) is 0 Å². The van der Waals surface area contributed by atoms with Crippen LogP contribution in [-0.2, 0) is 6.54 Å². The molecule has 0 radical (unpaired) electrons. The zero-order valence-corrected chi connectivity index (χ0v) is 9.93. The summed E-state index contributed by atoms with van der Waals surface area (Å²) in [6, 6.07) is 8.49. The second kappa shape index (κ2) is 3.75. The molecular formula is C11H13BrN2. The van der Waals surface area contributed by atoms with Crippen molar-refractivity contribution in [3.63, 3.8) is 0 Å². The summed E-state index contributed by atoms with van der Waals surface area (Å²) in [7, 11) is 4.14. The molecule has 0 spiro atoms. The summed E-state index contributed by atoms with van der Waals surface area (Å²) in [5.74, 6) is 0. The lowest BCUT2D eigenvalue weighted by atomic mass is 10.2. The number of fused-ring (bicyclic) bond motifs is 1. The monoisotopic (exact) mass is 252 g/mol. The Hall–Kier alpha value is -0.800. The van der Waals surface area contributed by atoms with Gasteiger partial charge in [0.1, 0.15) is 0 Å². The largest absolute Gasteiger partial charge is 0.357 e. The highest BCUT2D eigenvalue weighted by molar-refractivity contribution is 9.10. The van der Waals surface area contributed by atoms with E-state index in [-0.39, 0.29) is 0 Å². The number of nitrogens with zero attached hydrogens (tertiary/aromatic N) is 1. The first-order chi connectivity index (χ1) is 6.65. The van der Waals surface area contributed by atoms with Gasteiger partial charge in [-0.3, -0.25) is 0 Å². The quantitative estimate of drug-likeness (QED) is 0.871. The maximum Gasteiger partial charge on any atom is 0.0467 e. The highest BCUT2D eigenvalue weighted by Crippen LogP contribution is 2.20. The van der Waals surface area contributed by atoms with Crippen molar-refractivity contribution >= 4 is 26.8 Å². The van der Waals surface area contributed by atoms with Gasteiger partial charge in [0.05, 0.1) is 0 Å². The zero-order valence-electron chi connectivity index (χ0n) is 8.34. The molecule has 0 saturated heterocycles. The van der Waals surface area contributed by atoms with Gasteiger partial charge in [0.2, 0.25) is 0 Å². The maximum absolute atomic E-state index is 3.46. The van der Waals surface area contributed by atoms with Crippen molar-refractivity contribution in [3.8, 4) is 0 Å². The summed E-state index contributed by atoms with van der Waals surface area (Å²) in [6.07, 6.45) is 0. The second-order valence-electron chi connectivity index (χ2n) is 3.76. The van der Waals surface area contributed by atoms with Gasteiger partial charge in [0, 0.05) is 22.2 Å². The number of nitrogens with one attached hydrogen (secondary N) is 1. The van der Waals surface area contributed by atoms with E-state index >= 15 is 0 Å². The van der Waals surface area contributed by atoms with Gasteiger partial charge in [-0.05, 0) is 37.7 Å². The molecule has 1 aromatic carbocycles. The zero-order chi connectivity index (χ0) is 10.1. The first-order valence-electron chi connectivity index (χ1n) is 4.57. The molecule has 1 aromatic heterocycles. The van der Waals surface area contributed by atoms with Crippen LogP contribution in [0.2, 0.25) is 0 Å². The molecule has 0 amide bonds. The third kappa shape index (κ3) is 1.99. The molecule has 0 atom stereocenters. The highest BCUT2D eigenvalue weighted by atomic mass is 79.9. The van der Waals surface area contributed by atoms with Gasteiger partial charge in [0.15, 0.2) is 0 Å². The predicted octanol–water partition coefficient (Wildman–Crippen LogP) is 2.99. The van der Waals surface area contributed by atoms with E-state index in [0.717, 1.165) is 11.0 Å². The molecule has 0 aliphatic rings. The van der Waals surface area contributed by atoms with E-state index in [1.807, 2.05) is 0 Å². The number of H-pyrrole nitrogens is 1. The van der Waals surface area contributed by atoms with Crippen LogP contribution in [0.15, 0.2) is 28.7 Å². The number of benzene rings is 1. The lowest BCUT2D eigenvalue weighted by Crippen LogP contribution is -2.10. The first kappa shape index (κ1) is 9.74. The molecule has 0 bridgehead atoms. The van der Waals surface area contributed by atoms with Crippen LogP contribution in [0.3, 0.4) is 0 Å². The summed E-state index contributed by atoms with van der Waals surface area (Å²) in [5, 5.41) is 1.27. The van der Waals surface area contributed by atoms with Gasteiger partial charge in [-0.25, -0.2) is 0 Å². The fraction of sp³-hybridized carbons (Fsp3) is 0.273. The summed E-state index contributed by atoms with van der Waals surface area (Å²) in [4.78, 5) is 5.55. The minimum Gasteiger partial charge on any atom is -0.357 e. The minimum absolute atomic E-state index is 0.951. The van der Waals surface area contributed by atoms with Crippen molar-refractivity contribution in [2.75, 3.05) is 14.1 Å². The van der Waals surface area contributed by atoms with Gasteiger partial charge in [-0.15, -0.1) is 0 Å². The van der Waals surface area contributed by atoms with E-state index in [4.69, 9.17) is 0 Å². The summed E-state index contributed by atoms with van der Waals surface area (Å²) in [5.41, 5.74) is 2.44. The molecular weight excluding hydrogens is 240 g/mol. The summed E-state index contributed by atoms with van der Waals surface area (Å²) >= 11 is 3.46. The van der Waals surface area contributed by atoms with Crippen LogP contribution in [0.25, 0.3) is 10.9 Å². The lowest BCUT2D eigenvalue weighted by Gasteiger charge is -2.06. The number of halogens is 1. The third-order valence-corrected chi connectivity index (χ3v) is 2.62. The molecule has 0 saturated carbocycles. The average Bonchev–Trinajstić information content (AvgIpc) is 2.44. The van der Waals surface area contributed by atoms with Gasteiger partial charge in [0.25, 0.3) is 0 Å². The van der Waals surface area contributed by atoms with Crippen LogP contribution < -0.4 is 0 Å². The smallest absolute Gasteiger partial charge is 0.0467 e. The molecule has 0 aliphatic carbocycles. The Morgan fingerprint density at radius 2 is 2.07 bits per heavy atom. The van der Waals surface area contributed by atoms with E-state index in [2.05, 4.69) is 64.2 Å². The molecule has 0 unspecified atom stereocenters. The van der Waals surface area contributed by atoms with Gasteiger partial charge < -0.3 is 9.88 Å². The second-order valence-corrected chi connectivity index (χ2v) is 4.68. The number of rotatable bonds is 2. The lowest BCUT2D eigenvalue weighted by molar-refractivity contribution is 0.398. The fourth-order valence-electron chi connectivity index (χ4n) is 1.59. The Kier molecular flexibility index (Phi) is 2.61.